The molecule has 72 valence electrons. The number of amides is 2. The first-order valence-corrected chi connectivity index (χ1v) is 4.25. The molecule has 0 unspecified atom stereocenters. The van der Waals surface area contributed by atoms with Crippen molar-refractivity contribution in [1.29, 1.82) is 0 Å². The van der Waals surface area contributed by atoms with E-state index in [0.29, 0.717) is 0 Å². The first-order chi connectivity index (χ1) is 6.04. The van der Waals surface area contributed by atoms with E-state index >= 15 is 0 Å². The largest absolute Gasteiger partial charge is 0.285 e. The molecule has 0 aliphatic carbocycles. The number of hydroxylamine groups is 2. The van der Waals surface area contributed by atoms with Gasteiger partial charge in [0.25, 0.3) is 5.91 Å². The minimum atomic E-state index is -0.586. The van der Waals surface area contributed by atoms with E-state index in [1.807, 2.05) is 6.92 Å². The minimum absolute atomic E-state index is 0.0219. The van der Waals surface area contributed by atoms with Crippen LogP contribution in [0.4, 0.5) is 0 Å². The third-order valence-corrected chi connectivity index (χ3v) is 2.89. The Morgan fingerprint density at radius 2 is 1.85 bits per heavy atom. The zero-order chi connectivity index (χ0) is 9.75. The molecule has 2 amide bonds. The molecule has 5 heteroatoms. The Balaban J connectivity index is 2.32. The Morgan fingerprint density at radius 1 is 1.23 bits per heavy atom. The molecule has 2 rings (SSSR count). The number of imide groups is 1. The molecule has 0 saturated carbocycles. The SMILES string of the molecule is C[C@@H]1[C@H]2C(=O)N(C)C(=O)[C@H]2ON1C. The average molecular weight is 184 g/mol. The number of likely N-dealkylation sites (tertiary alicyclic amines) is 1. The average Bonchev–Trinajstić information content (AvgIpc) is 2.48. The predicted molar refractivity (Wildman–Crippen MR) is 43.4 cm³/mol. The minimum Gasteiger partial charge on any atom is -0.285 e. The molecule has 2 heterocycles. The maximum Gasteiger partial charge on any atom is 0.261 e. The lowest BCUT2D eigenvalue weighted by molar-refractivity contribution is -0.167. The van der Waals surface area contributed by atoms with Gasteiger partial charge in [0.15, 0.2) is 6.10 Å². The summed E-state index contributed by atoms with van der Waals surface area (Å²) in [6.07, 6.45) is -0.586. The van der Waals surface area contributed by atoms with E-state index in [9.17, 15) is 9.59 Å². The van der Waals surface area contributed by atoms with Crippen LogP contribution >= 0.6 is 0 Å². The standard InChI is InChI=1S/C8H12N2O3/c1-4-5-6(13-10(4)3)8(12)9(2)7(5)11/h4-6H,1-3H3/t4-,5-,6+/m1/s1. The van der Waals surface area contributed by atoms with Crippen LogP contribution in [0, 0.1) is 5.92 Å². The van der Waals surface area contributed by atoms with Gasteiger partial charge in [-0.3, -0.25) is 19.3 Å². The van der Waals surface area contributed by atoms with Crippen molar-refractivity contribution in [3.8, 4) is 0 Å². The van der Waals surface area contributed by atoms with Crippen LogP contribution in [0.3, 0.4) is 0 Å². The topological polar surface area (TPSA) is 49.9 Å². The summed E-state index contributed by atoms with van der Waals surface area (Å²) >= 11 is 0. The van der Waals surface area contributed by atoms with E-state index < -0.39 is 6.10 Å². The summed E-state index contributed by atoms with van der Waals surface area (Å²) in [5.41, 5.74) is 0. The Labute approximate surface area is 76.2 Å². The van der Waals surface area contributed by atoms with Crippen molar-refractivity contribution in [2.75, 3.05) is 14.1 Å². The third-order valence-electron chi connectivity index (χ3n) is 2.89. The van der Waals surface area contributed by atoms with Crippen LogP contribution in [0.5, 0.6) is 0 Å². The monoisotopic (exact) mass is 184 g/mol. The lowest BCUT2D eigenvalue weighted by atomic mass is 9.99. The lowest BCUT2D eigenvalue weighted by Crippen LogP contribution is -2.35. The summed E-state index contributed by atoms with van der Waals surface area (Å²) in [4.78, 5) is 29.4. The Hall–Kier alpha value is -0.940. The summed E-state index contributed by atoms with van der Waals surface area (Å²) in [5, 5.41) is 1.58. The van der Waals surface area contributed by atoms with Gasteiger partial charge in [0.1, 0.15) is 0 Å². The van der Waals surface area contributed by atoms with Crippen molar-refractivity contribution < 1.29 is 14.4 Å². The van der Waals surface area contributed by atoms with Gasteiger partial charge in [-0.2, -0.15) is 5.06 Å². The quantitative estimate of drug-likeness (QED) is 0.464. The van der Waals surface area contributed by atoms with Crippen LogP contribution in [0.2, 0.25) is 0 Å². The zero-order valence-corrected chi connectivity index (χ0v) is 7.85. The van der Waals surface area contributed by atoms with E-state index in [0.717, 1.165) is 4.90 Å². The number of hydrogen-bond donors (Lipinski definition) is 0. The molecule has 0 aromatic rings. The number of likely N-dealkylation sites (N-methyl/N-ethyl adjacent to an activating group) is 1. The van der Waals surface area contributed by atoms with Crippen molar-refractivity contribution in [1.82, 2.24) is 9.96 Å². The Kier molecular flexibility index (Phi) is 1.68. The van der Waals surface area contributed by atoms with E-state index in [2.05, 4.69) is 0 Å². The van der Waals surface area contributed by atoms with Crippen molar-refractivity contribution in [3.63, 3.8) is 0 Å². The van der Waals surface area contributed by atoms with Crippen LogP contribution in [0.15, 0.2) is 0 Å². The van der Waals surface area contributed by atoms with Gasteiger partial charge in [0, 0.05) is 20.1 Å². The normalized spacial score (nSPS) is 40.2. The summed E-state index contributed by atoms with van der Waals surface area (Å²) in [5.74, 6) is -0.680. The fourth-order valence-electron chi connectivity index (χ4n) is 1.88. The highest BCUT2D eigenvalue weighted by Gasteiger charge is 2.55. The van der Waals surface area contributed by atoms with E-state index in [-0.39, 0.29) is 23.8 Å². The van der Waals surface area contributed by atoms with Crippen molar-refractivity contribution in [2.45, 2.75) is 19.1 Å². The Morgan fingerprint density at radius 3 is 2.38 bits per heavy atom. The summed E-state index contributed by atoms with van der Waals surface area (Å²) < 4.78 is 0. The van der Waals surface area contributed by atoms with Gasteiger partial charge in [0.2, 0.25) is 5.91 Å². The third kappa shape index (κ3) is 0.941. The molecular formula is C8H12N2O3. The molecule has 2 fully saturated rings. The van der Waals surface area contributed by atoms with Gasteiger partial charge in [-0.25, -0.2) is 0 Å². The van der Waals surface area contributed by atoms with Gasteiger partial charge >= 0.3 is 0 Å². The highest BCUT2D eigenvalue weighted by Crippen LogP contribution is 2.33. The number of rotatable bonds is 0. The van der Waals surface area contributed by atoms with Crippen molar-refractivity contribution in [3.05, 3.63) is 0 Å². The van der Waals surface area contributed by atoms with Crippen LogP contribution in [-0.4, -0.2) is 48.0 Å². The molecule has 0 bridgehead atoms. The van der Waals surface area contributed by atoms with Crippen LogP contribution in [-0.2, 0) is 14.4 Å². The fourth-order valence-corrected chi connectivity index (χ4v) is 1.88. The van der Waals surface area contributed by atoms with Gasteiger partial charge in [-0.15, -0.1) is 0 Å². The van der Waals surface area contributed by atoms with Gasteiger partial charge in [-0.05, 0) is 6.92 Å². The maximum atomic E-state index is 11.6. The van der Waals surface area contributed by atoms with Crippen LogP contribution in [0.25, 0.3) is 0 Å². The van der Waals surface area contributed by atoms with Gasteiger partial charge in [-0.1, -0.05) is 0 Å². The molecule has 0 N–H and O–H groups in total. The van der Waals surface area contributed by atoms with Crippen LogP contribution < -0.4 is 0 Å². The summed E-state index contributed by atoms with van der Waals surface area (Å²) in [6, 6.07) is -0.0219. The second-order valence-corrected chi connectivity index (χ2v) is 3.57. The number of fused-ring (bicyclic) bond motifs is 1. The second kappa shape index (κ2) is 2.52. The number of hydrogen-bond acceptors (Lipinski definition) is 4. The number of carbonyl (C=O) groups is 2. The highest BCUT2D eigenvalue weighted by molar-refractivity contribution is 6.06. The second-order valence-electron chi connectivity index (χ2n) is 3.57. The van der Waals surface area contributed by atoms with Crippen molar-refractivity contribution in [2.24, 2.45) is 5.92 Å². The lowest BCUT2D eigenvalue weighted by Gasteiger charge is -2.17. The van der Waals surface area contributed by atoms with E-state index in [4.69, 9.17) is 4.84 Å². The number of nitrogens with zero attached hydrogens (tertiary/aromatic N) is 2. The van der Waals surface area contributed by atoms with Crippen LogP contribution in [0.1, 0.15) is 6.92 Å². The molecule has 0 radical (unpaired) electrons. The molecule has 13 heavy (non-hydrogen) atoms. The van der Waals surface area contributed by atoms with Crippen molar-refractivity contribution >= 4 is 11.8 Å². The molecule has 2 aliphatic rings. The fraction of sp³-hybridized carbons (Fsp3) is 0.750. The van der Waals surface area contributed by atoms with E-state index in [1.54, 1.807) is 12.1 Å². The molecular weight excluding hydrogens is 172 g/mol. The molecule has 0 aromatic heterocycles. The molecule has 5 nitrogen and oxygen atoms in total. The Bertz CT molecular complexity index is 279. The molecule has 2 saturated heterocycles. The molecule has 2 aliphatic heterocycles. The molecule has 0 aromatic carbocycles. The van der Waals surface area contributed by atoms with Gasteiger partial charge < -0.3 is 0 Å². The van der Waals surface area contributed by atoms with Gasteiger partial charge in [0.05, 0.1) is 5.92 Å². The predicted octanol–water partition coefficient (Wildman–Crippen LogP) is -0.765. The molecule has 0 spiro atoms. The van der Waals surface area contributed by atoms with E-state index in [1.165, 1.54) is 7.05 Å². The summed E-state index contributed by atoms with van der Waals surface area (Å²) in [7, 11) is 3.24. The first kappa shape index (κ1) is 8.65. The smallest absolute Gasteiger partial charge is 0.261 e. The first-order valence-electron chi connectivity index (χ1n) is 4.25. The number of carbonyl (C=O) groups excluding carboxylic acids is 2. The summed E-state index contributed by atoms with van der Waals surface area (Å²) in [6.45, 7) is 1.88. The molecule has 3 atom stereocenters. The highest BCUT2D eigenvalue weighted by atomic mass is 16.7. The zero-order valence-electron chi connectivity index (χ0n) is 7.85. The maximum absolute atomic E-state index is 11.6.